The van der Waals surface area contributed by atoms with Crippen molar-refractivity contribution in [3.63, 3.8) is 0 Å². The smallest absolute Gasteiger partial charge is 0.240 e. The molecule has 2 aromatic rings. The molecule has 1 amide bonds. The van der Waals surface area contributed by atoms with Gasteiger partial charge in [0.1, 0.15) is 0 Å². The summed E-state index contributed by atoms with van der Waals surface area (Å²) in [7, 11) is 1.74. The summed E-state index contributed by atoms with van der Waals surface area (Å²) in [5, 5.41) is 8.18. The van der Waals surface area contributed by atoms with Crippen molar-refractivity contribution in [3.8, 4) is 11.3 Å². The van der Waals surface area contributed by atoms with Crippen LogP contribution in [-0.4, -0.2) is 24.5 Å². The molecular formula is C16H22ClN3OS. The number of likely N-dealkylation sites (N-methyl/N-ethyl adjacent to an activating group) is 1. The topological polar surface area (TPSA) is 54.0 Å². The number of rotatable bonds is 4. The molecule has 0 aliphatic rings. The minimum atomic E-state index is -0.0820. The summed E-state index contributed by atoms with van der Waals surface area (Å²) in [5.74, 6) is -0.0820. The number of nitrogens with one attached hydrogen (secondary N) is 2. The number of aromatic nitrogens is 1. The van der Waals surface area contributed by atoms with E-state index in [1.54, 1.807) is 7.05 Å². The van der Waals surface area contributed by atoms with Crippen LogP contribution in [0.1, 0.15) is 26.3 Å². The van der Waals surface area contributed by atoms with Gasteiger partial charge in [0, 0.05) is 10.9 Å². The third-order valence-electron chi connectivity index (χ3n) is 3.13. The molecule has 120 valence electrons. The largest absolute Gasteiger partial charge is 0.311 e. The number of nitrogens with zero attached hydrogens (tertiary/aromatic N) is 1. The maximum absolute atomic E-state index is 11.5. The van der Waals surface area contributed by atoms with Gasteiger partial charge in [-0.1, -0.05) is 45.0 Å². The van der Waals surface area contributed by atoms with Crippen LogP contribution in [0, 0.1) is 0 Å². The number of halogens is 1. The van der Waals surface area contributed by atoms with Gasteiger partial charge in [-0.05, 0) is 18.0 Å². The molecule has 2 N–H and O–H groups in total. The second-order valence-corrected chi connectivity index (χ2v) is 6.80. The van der Waals surface area contributed by atoms with Gasteiger partial charge in [0.15, 0.2) is 5.13 Å². The van der Waals surface area contributed by atoms with E-state index in [1.165, 1.54) is 16.9 Å². The highest BCUT2D eigenvalue weighted by Crippen LogP contribution is 2.28. The molecule has 0 saturated carbocycles. The Bertz CT molecular complexity index is 617. The van der Waals surface area contributed by atoms with Crippen molar-refractivity contribution in [2.24, 2.45) is 0 Å². The minimum Gasteiger partial charge on any atom is -0.311 e. The number of hydrogen-bond donors (Lipinski definition) is 2. The van der Waals surface area contributed by atoms with E-state index in [4.69, 9.17) is 0 Å². The molecule has 6 heteroatoms. The first-order chi connectivity index (χ1) is 9.90. The van der Waals surface area contributed by atoms with Crippen molar-refractivity contribution in [1.29, 1.82) is 0 Å². The Hall–Kier alpha value is -1.43. The minimum absolute atomic E-state index is 0. The molecule has 0 spiro atoms. The van der Waals surface area contributed by atoms with Crippen molar-refractivity contribution in [1.82, 2.24) is 10.3 Å². The molecule has 0 saturated heterocycles. The fraction of sp³-hybridized carbons (Fsp3) is 0.375. The van der Waals surface area contributed by atoms with Gasteiger partial charge in [-0.3, -0.25) is 4.79 Å². The average molecular weight is 340 g/mol. The summed E-state index contributed by atoms with van der Waals surface area (Å²) in [6.07, 6.45) is 0. The molecule has 1 aromatic heterocycles. The molecule has 1 aromatic carbocycles. The maximum Gasteiger partial charge on any atom is 0.240 e. The molecule has 0 aliphatic carbocycles. The maximum atomic E-state index is 11.5. The van der Waals surface area contributed by atoms with Gasteiger partial charge in [0.05, 0.1) is 12.2 Å². The zero-order valence-corrected chi connectivity index (χ0v) is 14.9. The summed E-state index contributed by atoms with van der Waals surface area (Å²) in [6, 6.07) is 8.42. The number of anilines is 1. The molecule has 0 unspecified atom stereocenters. The molecule has 1 heterocycles. The van der Waals surface area contributed by atoms with E-state index in [0.717, 1.165) is 11.3 Å². The lowest BCUT2D eigenvalue weighted by atomic mass is 9.86. The number of thiazole rings is 1. The van der Waals surface area contributed by atoms with Gasteiger partial charge in [0.2, 0.25) is 5.91 Å². The fourth-order valence-electron chi connectivity index (χ4n) is 1.93. The Morgan fingerprint density at radius 1 is 1.23 bits per heavy atom. The van der Waals surface area contributed by atoms with E-state index >= 15 is 0 Å². The van der Waals surface area contributed by atoms with Crippen LogP contribution in [-0.2, 0) is 10.2 Å². The number of benzene rings is 1. The van der Waals surface area contributed by atoms with Crippen molar-refractivity contribution < 1.29 is 4.79 Å². The summed E-state index contributed by atoms with van der Waals surface area (Å²) in [4.78, 5) is 16.0. The quantitative estimate of drug-likeness (QED) is 0.893. The van der Waals surface area contributed by atoms with Crippen LogP contribution in [0.5, 0.6) is 0 Å². The summed E-state index contributed by atoms with van der Waals surface area (Å²) >= 11 is 1.44. The molecule has 0 aliphatic heterocycles. The van der Waals surface area contributed by atoms with Crippen LogP contribution in [0.2, 0.25) is 0 Å². The third kappa shape index (κ3) is 4.80. The van der Waals surface area contributed by atoms with Crippen molar-refractivity contribution in [2.45, 2.75) is 26.2 Å². The highest BCUT2D eigenvalue weighted by molar-refractivity contribution is 7.14. The molecule has 0 atom stereocenters. The highest BCUT2D eigenvalue weighted by atomic mass is 35.5. The Morgan fingerprint density at radius 3 is 2.41 bits per heavy atom. The standard InChI is InChI=1S/C16H21N3OS.ClH/c1-16(2,3)12-7-5-11(6-8-12)13-10-21-15(18-13)19-14(20)9-17-4;/h5-8,10,17H,9H2,1-4H3,(H,18,19,20);1H. The zero-order chi connectivity index (χ0) is 15.5. The van der Waals surface area contributed by atoms with Gasteiger partial charge in [-0.15, -0.1) is 23.7 Å². The molecule has 0 radical (unpaired) electrons. The Kier molecular flexibility index (Phi) is 6.53. The highest BCUT2D eigenvalue weighted by Gasteiger charge is 2.14. The number of carbonyl (C=O) groups is 1. The molecule has 0 fully saturated rings. The Labute approximate surface area is 141 Å². The molecule has 2 rings (SSSR count). The fourth-order valence-corrected chi connectivity index (χ4v) is 2.66. The van der Waals surface area contributed by atoms with Gasteiger partial charge >= 0.3 is 0 Å². The predicted octanol–water partition coefficient (Wildman–Crippen LogP) is 3.69. The predicted molar refractivity (Wildman–Crippen MR) is 96.1 cm³/mol. The van der Waals surface area contributed by atoms with Crippen LogP contribution in [0.25, 0.3) is 11.3 Å². The molecule has 0 bridgehead atoms. The lowest BCUT2D eigenvalue weighted by Gasteiger charge is -2.18. The molecule has 22 heavy (non-hydrogen) atoms. The average Bonchev–Trinajstić information content (AvgIpc) is 2.86. The zero-order valence-electron chi connectivity index (χ0n) is 13.3. The Morgan fingerprint density at radius 2 is 1.86 bits per heavy atom. The van der Waals surface area contributed by atoms with Crippen LogP contribution in [0.3, 0.4) is 0 Å². The first-order valence-electron chi connectivity index (χ1n) is 6.91. The van der Waals surface area contributed by atoms with E-state index in [1.807, 2.05) is 5.38 Å². The first-order valence-corrected chi connectivity index (χ1v) is 7.79. The van der Waals surface area contributed by atoms with Crippen LogP contribution < -0.4 is 10.6 Å². The van der Waals surface area contributed by atoms with E-state index in [-0.39, 0.29) is 30.3 Å². The van der Waals surface area contributed by atoms with Crippen molar-refractivity contribution >= 4 is 34.8 Å². The third-order valence-corrected chi connectivity index (χ3v) is 3.89. The van der Waals surface area contributed by atoms with E-state index in [0.29, 0.717) is 5.13 Å². The SMILES string of the molecule is CNCC(=O)Nc1nc(-c2ccc(C(C)(C)C)cc2)cs1.Cl. The van der Waals surface area contributed by atoms with E-state index < -0.39 is 0 Å². The first kappa shape index (κ1) is 18.6. The lowest BCUT2D eigenvalue weighted by molar-refractivity contribution is -0.115. The van der Waals surface area contributed by atoms with Gasteiger partial charge in [-0.25, -0.2) is 4.98 Å². The van der Waals surface area contributed by atoms with Crippen LogP contribution >= 0.6 is 23.7 Å². The molecular weight excluding hydrogens is 318 g/mol. The normalized spacial score (nSPS) is 10.9. The lowest BCUT2D eigenvalue weighted by Crippen LogP contribution is -2.24. The molecule has 4 nitrogen and oxygen atoms in total. The number of amides is 1. The second-order valence-electron chi connectivity index (χ2n) is 5.94. The van der Waals surface area contributed by atoms with Gasteiger partial charge < -0.3 is 10.6 Å². The monoisotopic (exact) mass is 339 g/mol. The summed E-state index contributed by atoms with van der Waals surface area (Å²) in [6.45, 7) is 6.87. The van der Waals surface area contributed by atoms with E-state index in [2.05, 4.69) is 60.7 Å². The van der Waals surface area contributed by atoms with Crippen LogP contribution in [0.15, 0.2) is 29.6 Å². The van der Waals surface area contributed by atoms with Gasteiger partial charge in [0.25, 0.3) is 0 Å². The summed E-state index contributed by atoms with van der Waals surface area (Å²) in [5.41, 5.74) is 3.39. The number of hydrogen-bond acceptors (Lipinski definition) is 4. The summed E-state index contributed by atoms with van der Waals surface area (Å²) < 4.78 is 0. The van der Waals surface area contributed by atoms with Crippen molar-refractivity contribution in [3.05, 3.63) is 35.2 Å². The van der Waals surface area contributed by atoms with Gasteiger partial charge in [-0.2, -0.15) is 0 Å². The van der Waals surface area contributed by atoms with E-state index in [9.17, 15) is 4.79 Å². The number of carbonyl (C=O) groups excluding carboxylic acids is 1. The van der Waals surface area contributed by atoms with Crippen LogP contribution in [0.4, 0.5) is 5.13 Å². The second kappa shape index (κ2) is 7.72. The Balaban J connectivity index is 0.00000242. The van der Waals surface area contributed by atoms with Crippen molar-refractivity contribution in [2.75, 3.05) is 18.9 Å².